The van der Waals surface area contributed by atoms with E-state index in [-0.39, 0.29) is 5.91 Å². The molecule has 0 radical (unpaired) electrons. The molecule has 37 heavy (non-hydrogen) atoms. The first-order chi connectivity index (χ1) is 18.1. The minimum absolute atomic E-state index is 0.0166. The number of thioether (sulfide) groups is 2. The Balaban J connectivity index is 1.33. The second-order valence-electron chi connectivity index (χ2n) is 8.38. The summed E-state index contributed by atoms with van der Waals surface area (Å²) in [6.45, 7) is 5.47. The zero-order chi connectivity index (χ0) is 25.8. The Kier molecular flexibility index (Phi) is 7.89. The van der Waals surface area contributed by atoms with Gasteiger partial charge in [0.25, 0.3) is 5.91 Å². The van der Waals surface area contributed by atoms with E-state index in [0.717, 1.165) is 39.1 Å². The number of likely N-dealkylation sites (N-methyl/N-ethyl adjacent to an activating group) is 1. The number of rotatable bonds is 6. The molecule has 0 atom stereocenters. The first kappa shape index (κ1) is 25.5. The molecule has 2 aliphatic heterocycles. The van der Waals surface area contributed by atoms with Gasteiger partial charge in [-0.15, -0.1) is 0 Å². The van der Waals surface area contributed by atoms with Gasteiger partial charge in [0, 0.05) is 23.0 Å². The van der Waals surface area contributed by atoms with Crippen molar-refractivity contribution in [2.24, 2.45) is 4.99 Å². The lowest BCUT2D eigenvalue weighted by Crippen LogP contribution is -2.28. The van der Waals surface area contributed by atoms with E-state index in [1.54, 1.807) is 16.7 Å². The lowest BCUT2D eigenvalue weighted by molar-refractivity contribution is -0.122. The summed E-state index contributed by atoms with van der Waals surface area (Å²) in [5.74, 6) is -0.0166. The largest absolute Gasteiger partial charge is 0.335 e. The third-order valence-corrected chi connectivity index (χ3v) is 8.37. The number of fused-ring (bicyclic) bond motifs is 1. The van der Waals surface area contributed by atoms with Gasteiger partial charge in [-0.25, -0.2) is 4.99 Å². The number of benzene rings is 3. The second kappa shape index (κ2) is 11.5. The van der Waals surface area contributed by atoms with Crippen molar-refractivity contribution in [3.63, 3.8) is 0 Å². The first-order valence-electron chi connectivity index (χ1n) is 12.1. The highest BCUT2D eigenvalue weighted by Crippen LogP contribution is 2.47. The van der Waals surface area contributed by atoms with Gasteiger partial charge in [0.15, 0.2) is 5.17 Å². The molecule has 0 aliphatic carbocycles. The molecular weight excluding hydrogens is 518 g/mol. The molecule has 2 heterocycles. The van der Waals surface area contributed by atoms with Crippen molar-refractivity contribution < 1.29 is 4.79 Å². The van der Waals surface area contributed by atoms with E-state index in [9.17, 15) is 4.79 Å². The number of aliphatic imine (C=N–C) groups is 1. The summed E-state index contributed by atoms with van der Waals surface area (Å²) in [5.41, 5.74) is 4.18. The summed E-state index contributed by atoms with van der Waals surface area (Å²) in [5, 5.41) is 2.50. The Morgan fingerprint density at radius 1 is 0.838 bits per heavy atom. The smallest absolute Gasteiger partial charge is 0.266 e. The summed E-state index contributed by atoms with van der Waals surface area (Å²) >= 11 is 9.33. The van der Waals surface area contributed by atoms with Crippen LogP contribution in [0.5, 0.6) is 0 Å². The number of amides is 1. The number of anilines is 1. The molecule has 186 valence electrons. The predicted molar refractivity (Wildman–Crippen MR) is 160 cm³/mol. The van der Waals surface area contributed by atoms with Crippen LogP contribution in [0.3, 0.4) is 0 Å². The number of allylic oxidation sites excluding steroid dienone is 2. The van der Waals surface area contributed by atoms with E-state index in [0.29, 0.717) is 16.6 Å². The Morgan fingerprint density at radius 2 is 1.54 bits per heavy atom. The van der Waals surface area contributed by atoms with Crippen molar-refractivity contribution in [2.75, 3.05) is 18.0 Å². The van der Waals surface area contributed by atoms with Crippen LogP contribution in [0.2, 0.25) is 5.02 Å². The summed E-state index contributed by atoms with van der Waals surface area (Å²) in [4.78, 5) is 23.7. The molecule has 0 spiro atoms. The molecule has 3 aromatic carbocycles. The number of hydrogen-bond acceptors (Lipinski definition) is 5. The quantitative estimate of drug-likeness (QED) is 0.231. The van der Waals surface area contributed by atoms with Crippen LogP contribution in [0.4, 0.5) is 11.4 Å². The standard InChI is InChI=1S/C30H26ClN3OS2/c1-3-33-25-20-23(31)14-17-26(25)36-28(33)19-18-27-29(35)34(4-2)30(37-27)32-24-15-12-22(13-16-24)11-10-21-8-6-5-7-9-21/h5-20H,3-4H2,1-2H3. The van der Waals surface area contributed by atoms with Gasteiger partial charge in [-0.3, -0.25) is 9.69 Å². The minimum Gasteiger partial charge on any atom is -0.335 e. The van der Waals surface area contributed by atoms with Crippen molar-refractivity contribution in [3.8, 4) is 0 Å². The lowest BCUT2D eigenvalue weighted by Gasteiger charge is -2.17. The van der Waals surface area contributed by atoms with E-state index in [4.69, 9.17) is 16.6 Å². The van der Waals surface area contributed by atoms with Crippen molar-refractivity contribution in [2.45, 2.75) is 18.7 Å². The molecule has 1 fully saturated rings. The highest BCUT2D eigenvalue weighted by Gasteiger charge is 2.32. The van der Waals surface area contributed by atoms with Gasteiger partial charge in [-0.2, -0.15) is 0 Å². The lowest BCUT2D eigenvalue weighted by atomic mass is 10.1. The van der Waals surface area contributed by atoms with Crippen LogP contribution in [0.15, 0.2) is 105 Å². The fourth-order valence-electron chi connectivity index (χ4n) is 4.08. The molecular formula is C30H26ClN3OS2. The minimum atomic E-state index is -0.0166. The average molecular weight is 544 g/mol. The SMILES string of the molecule is CCN1C(=O)C(=CC=C2Sc3ccc(Cl)cc3N2CC)SC1=Nc1ccc(C=Cc2ccccc2)cc1. The van der Waals surface area contributed by atoms with E-state index in [2.05, 4.69) is 36.1 Å². The summed E-state index contributed by atoms with van der Waals surface area (Å²) in [6.07, 6.45) is 8.10. The summed E-state index contributed by atoms with van der Waals surface area (Å²) < 4.78 is 0. The molecule has 7 heteroatoms. The highest BCUT2D eigenvalue weighted by molar-refractivity contribution is 8.18. The maximum Gasteiger partial charge on any atom is 0.266 e. The van der Waals surface area contributed by atoms with E-state index in [1.165, 1.54) is 16.7 Å². The number of halogens is 1. The Morgan fingerprint density at radius 3 is 2.24 bits per heavy atom. The highest BCUT2D eigenvalue weighted by atomic mass is 35.5. The zero-order valence-electron chi connectivity index (χ0n) is 20.6. The normalized spacial score (nSPS) is 18.7. The third kappa shape index (κ3) is 5.72. The monoisotopic (exact) mass is 543 g/mol. The molecule has 0 bridgehead atoms. The molecule has 5 rings (SSSR count). The number of amidine groups is 1. The fraction of sp³-hybridized carbons (Fsp3) is 0.133. The number of hydrogen-bond donors (Lipinski definition) is 0. The molecule has 4 nitrogen and oxygen atoms in total. The van der Waals surface area contributed by atoms with Gasteiger partial charge in [0.2, 0.25) is 0 Å². The Hall–Kier alpha value is -3.19. The molecule has 0 N–H and O–H groups in total. The molecule has 0 saturated carbocycles. The maximum absolute atomic E-state index is 13.1. The van der Waals surface area contributed by atoms with Crippen LogP contribution in [0, 0.1) is 0 Å². The third-order valence-electron chi connectivity index (χ3n) is 5.98. The molecule has 0 aromatic heterocycles. The summed E-state index contributed by atoms with van der Waals surface area (Å²) in [7, 11) is 0. The predicted octanol–water partition coefficient (Wildman–Crippen LogP) is 8.45. The topological polar surface area (TPSA) is 35.9 Å². The number of nitrogens with zero attached hydrogens (tertiary/aromatic N) is 3. The Bertz CT molecular complexity index is 1430. The summed E-state index contributed by atoms with van der Waals surface area (Å²) in [6, 6.07) is 24.2. The van der Waals surface area contributed by atoms with Crippen LogP contribution in [-0.4, -0.2) is 29.1 Å². The molecule has 1 saturated heterocycles. The Labute approximate surface area is 231 Å². The van der Waals surface area contributed by atoms with Gasteiger partial charge in [0.1, 0.15) is 0 Å². The molecule has 2 aliphatic rings. The van der Waals surface area contributed by atoms with Crippen LogP contribution in [0.25, 0.3) is 12.2 Å². The van der Waals surface area contributed by atoms with Gasteiger partial charge >= 0.3 is 0 Å². The van der Waals surface area contributed by atoms with Crippen molar-refractivity contribution >= 4 is 69.7 Å². The van der Waals surface area contributed by atoms with Gasteiger partial charge in [-0.1, -0.05) is 78.0 Å². The van der Waals surface area contributed by atoms with Crippen LogP contribution >= 0.6 is 35.1 Å². The molecule has 0 unspecified atom stereocenters. The van der Waals surface area contributed by atoms with Gasteiger partial charge in [-0.05, 0) is 79.2 Å². The van der Waals surface area contributed by atoms with Crippen molar-refractivity contribution in [3.05, 3.63) is 111 Å². The van der Waals surface area contributed by atoms with Crippen molar-refractivity contribution in [1.29, 1.82) is 0 Å². The first-order valence-corrected chi connectivity index (χ1v) is 14.2. The maximum atomic E-state index is 13.1. The van der Waals surface area contributed by atoms with Crippen LogP contribution < -0.4 is 4.90 Å². The molecule has 3 aromatic rings. The molecule has 1 amide bonds. The van der Waals surface area contributed by atoms with Crippen molar-refractivity contribution in [1.82, 2.24) is 4.90 Å². The van der Waals surface area contributed by atoms with E-state index in [1.807, 2.05) is 79.7 Å². The average Bonchev–Trinajstić information content (AvgIpc) is 3.42. The second-order valence-corrected chi connectivity index (χ2v) is 10.9. The van der Waals surface area contributed by atoms with E-state index < -0.39 is 0 Å². The number of carbonyl (C=O) groups excluding carboxylic acids is 1. The number of carbonyl (C=O) groups is 1. The van der Waals surface area contributed by atoms with Gasteiger partial charge < -0.3 is 4.90 Å². The van der Waals surface area contributed by atoms with Gasteiger partial charge in [0.05, 0.1) is 21.3 Å². The fourth-order valence-corrected chi connectivity index (χ4v) is 6.36. The van der Waals surface area contributed by atoms with Crippen LogP contribution in [0.1, 0.15) is 25.0 Å². The van der Waals surface area contributed by atoms with E-state index >= 15 is 0 Å². The van der Waals surface area contributed by atoms with Crippen LogP contribution in [-0.2, 0) is 4.79 Å². The zero-order valence-corrected chi connectivity index (χ0v) is 23.0.